The summed E-state index contributed by atoms with van der Waals surface area (Å²) in [6, 6.07) is 15.1. The third kappa shape index (κ3) is 3.31. The first-order chi connectivity index (χ1) is 14.4. The van der Waals surface area contributed by atoms with Gasteiger partial charge in [-0.15, -0.1) is 0 Å². The van der Waals surface area contributed by atoms with Gasteiger partial charge in [0.25, 0.3) is 11.8 Å². The number of imide groups is 1. The number of benzene rings is 3. The summed E-state index contributed by atoms with van der Waals surface area (Å²) in [5, 5.41) is 1.44. The van der Waals surface area contributed by atoms with Crippen LogP contribution >= 0.6 is 0 Å². The Morgan fingerprint density at radius 3 is 2.00 bits per heavy atom. The first kappa shape index (κ1) is 21.1. The minimum atomic E-state index is -0.301. The van der Waals surface area contributed by atoms with Gasteiger partial charge >= 0.3 is 0 Å². The van der Waals surface area contributed by atoms with Crippen molar-refractivity contribution < 1.29 is 14.3 Å². The normalized spacial score (nSPS) is 14.4. The fourth-order valence-corrected chi connectivity index (χ4v) is 4.26. The smallest absolute Gasteiger partial charge is 0.265 e. The topological polar surface area (TPSA) is 46.6 Å². The SMILES string of the molecule is COc1ccc2c3c(cccc13)C(=O)N(c1ccc(C(C)(C)C)cc1C(C)(C)C)C2=O. The van der Waals surface area contributed by atoms with Crippen molar-refractivity contribution in [2.45, 2.75) is 52.4 Å². The fraction of sp³-hybridized carbons (Fsp3) is 0.333. The van der Waals surface area contributed by atoms with Crippen LogP contribution in [-0.4, -0.2) is 18.9 Å². The summed E-state index contributed by atoms with van der Waals surface area (Å²) in [4.78, 5) is 28.6. The number of carbonyl (C=O) groups excluding carboxylic acids is 2. The molecule has 2 amide bonds. The van der Waals surface area contributed by atoms with Gasteiger partial charge in [0.05, 0.1) is 12.8 Å². The third-order valence-corrected chi connectivity index (χ3v) is 6.00. The van der Waals surface area contributed by atoms with Gasteiger partial charge < -0.3 is 4.74 Å². The molecule has 1 aliphatic heterocycles. The number of hydrogen-bond donors (Lipinski definition) is 0. The van der Waals surface area contributed by atoms with E-state index in [1.807, 2.05) is 24.3 Å². The van der Waals surface area contributed by atoms with Gasteiger partial charge in [-0.2, -0.15) is 0 Å². The molecule has 4 nitrogen and oxygen atoms in total. The number of hydrogen-bond acceptors (Lipinski definition) is 3. The van der Waals surface area contributed by atoms with Crippen molar-refractivity contribution in [1.82, 2.24) is 0 Å². The fourth-order valence-electron chi connectivity index (χ4n) is 4.26. The van der Waals surface area contributed by atoms with E-state index in [4.69, 9.17) is 4.74 Å². The monoisotopic (exact) mass is 415 g/mol. The minimum absolute atomic E-state index is 0.0385. The predicted octanol–water partition coefficient (Wildman–Crippen LogP) is 6.24. The molecule has 0 spiro atoms. The van der Waals surface area contributed by atoms with Crippen LogP contribution in [0.1, 0.15) is 73.4 Å². The van der Waals surface area contributed by atoms with Gasteiger partial charge in [0.2, 0.25) is 0 Å². The Morgan fingerprint density at radius 2 is 1.42 bits per heavy atom. The van der Waals surface area contributed by atoms with Crippen LogP contribution in [0.2, 0.25) is 0 Å². The summed E-state index contributed by atoms with van der Waals surface area (Å²) in [5.74, 6) is 0.0512. The molecule has 4 heteroatoms. The quantitative estimate of drug-likeness (QED) is 0.465. The lowest BCUT2D eigenvalue weighted by Gasteiger charge is -2.33. The second kappa shape index (κ2) is 6.94. The van der Waals surface area contributed by atoms with Crippen LogP contribution in [0.4, 0.5) is 5.69 Å². The molecule has 3 aromatic rings. The Morgan fingerprint density at radius 1 is 0.774 bits per heavy atom. The Labute approximate surface area is 183 Å². The van der Waals surface area contributed by atoms with Gasteiger partial charge in [-0.1, -0.05) is 65.8 Å². The largest absolute Gasteiger partial charge is 0.496 e. The molecule has 0 saturated carbocycles. The van der Waals surface area contributed by atoms with Gasteiger partial charge in [-0.05, 0) is 46.2 Å². The maximum absolute atomic E-state index is 13.6. The highest BCUT2D eigenvalue weighted by Crippen LogP contribution is 2.41. The summed E-state index contributed by atoms with van der Waals surface area (Å²) >= 11 is 0. The standard InChI is InChI=1S/C27H29NO3/c1-26(2,3)16-11-13-21(20(15-16)27(4,5)6)28-24(29)18-10-8-9-17-22(31-7)14-12-19(23(17)18)25(28)30/h8-15H,1-7H3. The Bertz CT molecular complexity index is 1200. The molecule has 1 aliphatic rings. The second-order valence-corrected chi connectivity index (χ2v) is 10.2. The molecular weight excluding hydrogens is 386 g/mol. The molecule has 4 rings (SSSR count). The van der Waals surface area contributed by atoms with Gasteiger partial charge in [-0.3, -0.25) is 9.59 Å². The highest BCUT2D eigenvalue weighted by atomic mass is 16.5. The van der Waals surface area contributed by atoms with E-state index >= 15 is 0 Å². The summed E-state index contributed by atoms with van der Waals surface area (Å²) in [7, 11) is 1.59. The van der Waals surface area contributed by atoms with E-state index in [1.54, 1.807) is 25.3 Å². The molecule has 0 saturated heterocycles. The molecule has 160 valence electrons. The molecule has 0 fully saturated rings. The summed E-state index contributed by atoms with van der Waals surface area (Å²) in [6.45, 7) is 12.8. The van der Waals surface area contributed by atoms with Gasteiger partial charge in [0, 0.05) is 21.9 Å². The van der Waals surface area contributed by atoms with Crippen molar-refractivity contribution in [1.29, 1.82) is 0 Å². The second-order valence-electron chi connectivity index (χ2n) is 10.2. The van der Waals surface area contributed by atoms with E-state index in [1.165, 1.54) is 10.5 Å². The highest BCUT2D eigenvalue weighted by Gasteiger charge is 2.37. The summed E-state index contributed by atoms with van der Waals surface area (Å²) in [6.07, 6.45) is 0. The van der Waals surface area contributed by atoms with Gasteiger partial charge in [0.1, 0.15) is 5.75 Å². The number of ether oxygens (including phenoxy) is 1. The third-order valence-electron chi connectivity index (χ3n) is 6.00. The van der Waals surface area contributed by atoms with Gasteiger partial charge in [-0.25, -0.2) is 4.90 Å². The van der Waals surface area contributed by atoms with Crippen molar-refractivity contribution in [2.24, 2.45) is 0 Å². The molecule has 0 aliphatic carbocycles. The maximum Gasteiger partial charge on any atom is 0.265 e. The number of anilines is 1. The molecule has 0 N–H and O–H groups in total. The van der Waals surface area contributed by atoms with Crippen LogP contribution in [0.3, 0.4) is 0 Å². The lowest BCUT2D eigenvalue weighted by molar-refractivity contribution is 0.0893. The Balaban J connectivity index is 1.97. The first-order valence-electron chi connectivity index (χ1n) is 10.6. The van der Waals surface area contributed by atoms with Crippen LogP contribution in [0, 0.1) is 0 Å². The minimum Gasteiger partial charge on any atom is -0.496 e. The average molecular weight is 416 g/mol. The predicted molar refractivity (Wildman–Crippen MR) is 125 cm³/mol. The molecule has 0 bridgehead atoms. The van der Waals surface area contributed by atoms with E-state index in [-0.39, 0.29) is 22.6 Å². The number of nitrogens with zero attached hydrogens (tertiary/aromatic N) is 1. The average Bonchev–Trinajstić information content (AvgIpc) is 2.70. The molecule has 0 atom stereocenters. The molecule has 0 aromatic heterocycles. The van der Waals surface area contributed by atoms with Crippen molar-refractivity contribution in [2.75, 3.05) is 12.0 Å². The van der Waals surface area contributed by atoms with Crippen molar-refractivity contribution in [3.05, 3.63) is 70.8 Å². The van der Waals surface area contributed by atoms with Crippen LogP contribution < -0.4 is 9.64 Å². The van der Waals surface area contributed by atoms with Crippen molar-refractivity contribution in [3.8, 4) is 5.75 Å². The van der Waals surface area contributed by atoms with Crippen LogP contribution in [-0.2, 0) is 10.8 Å². The zero-order valence-corrected chi connectivity index (χ0v) is 19.3. The van der Waals surface area contributed by atoms with E-state index in [0.717, 1.165) is 10.9 Å². The van der Waals surface area contributed by atoms with Crippen molar-refractivity contribution in [3.63, 3.8) is 0 Å². The number of carbonyl (C=O) groups is 2. The first-order valence-corrected chi connectivity index (χ1v) is 10.6. The van der Waals surface area contributed by atoms with Gasteiger partial charge in [0.15, 0.2) is 0 Å². The molecule has 0 radical (unpaired) electrons. The lowest BCUT2D eigenvalue weighted by atomic mass is 9.79. The maximum atomic E-state index is 13.6. The van der Waals surface area contributed by atoms with Crippen LogP contribution in [0.5, 0.6) is 5.75 Å². The zero-order chi connectivity index (χ0) is 22.7. The Hall–Kier alpha value is -3.14. The molecular formula is C27H29NO3. The van der Waals surface area contributed by atoms with Crippen molar-refractivity contribution >= 4 is 28.3 Å². The summed E-state index contributed by atoms with van der Waals surface area (Å²) < 4.78 is 5.46. The molecule has 1 heterocycles. The van der Waals surface area contributed by atoms with E-state index in [2.05, 4.69) is 47.6 Å². The highest BCUT2D eigenvalue weighted by molar-refractivity contribution is 6.36. The number of methoxy groups -OCH3 is 1. The molecule has 31 heavy (non-hydrogen) atoms. The summed E-state index contributed by atoms with van der Waals surface area (Å²) in [5.41, 5.74) is 3.55. The Kier molecular flexibility index (Phi) is 4.73. The zero-order valence-electron chi connectivity index (χ0n) is 19.3. The van der Waals surface area contributed by atoms with Crippen LogP contribution in [0.25, 0.3) is 10.8 Å². The van der Waals surface area contributed by atoms with E-state index in [9.17, 15) is 9.59 Å². The lowest BCUT2D eigenvalue weighted by Crippen LogP contribution is -2.41. The molecule has 3 aromatic carbocycles. The van der Waals surface area contributed by atoms with E-state index in [0.29, 0.717) is 28.0 Å². The number of amides is 2. The van der Waals surface area contributed by atoms with Crippen LogP contribution in [0.15, 0.2) is 48.5 Å². The molecule has 0 unspecified atom stereocenters. The number of rotatable bonds is 2. The van der Waals surface area contributed by atoms with E-state index < -0.39 is 0 Å².